The highest BCUT2D eigenvalue weighted by molar-refractivity contribution is 7.88. The number of carbonyl (C=O) groups is 2. The highest BCUT2D eigenvalue weighted by Gasteiger charge is 2.28. The lowest BCUT2D eigenvalue weighted by atomic mass is 10.2. The summed E-state index contributed by atoms with van der Waals surface area (Å²) in [6.45, 7) is 6.93. The number of sulfonamides is 1. The molecule has 10 heteroatoms. The third kappa shape index (κ3) is 7.65. The molecule has 1 aromatic carbocycles. The molecule has 9 nitrogen and oxygen atoms in total. The SMILES string of the molecule is CC(C)COCC(C)Oc1cccc(C(=O)NN(C(=O)c2ccccn2)S(C)(=O)=O)c1. The summed E-state index contributed by atoms with van der Waals surface area (Å²) in [6.07, 6.45) is 1.91. The summed E-state index contributed by atoms with van der Waals surface area (Å²) in [5.74, 6) is -0.940. The van der Waals surface area contributed by atoms with Crippen molar-refractivity contribution in [1.29, 1.82) is 0 Å². The molecule has 2 aromatic rings. The van der Waals surface area contributed by atoms with Gasteiger partial charge in [0, 0.05) is 18.4 Å². The van der Waals surface area contributed by atoms with Crippen LogP contribution in [0.5, 0.6) is 5.75 Å². The molecule has 1 atom stereocenters. The maximum Gasteiger partial charge on any atom is 0.305 e. The second-order valence-corrected chi connectivity index (χ2v) is 9.21. The lowest BCUT2D eigenvalue weighted by Crippen LogP contribution is -2.49. The van der Waals surface area contributed by atoms with Gasteiger partial charge in [-0.2, -0.15) is 0 Å². The molecule has 2 rings (SSSR count). The van der Waals surface area contributed by atoms with Crippen molar-refractivity contribution in [2.75, 3.05) is 19.5 Å². The van der Waals surface area contributed by atoms with Gasteiger partial charge in [0.15, 0.2) is 0 Å². The molecular weight excluding hydrogens is 422 g/mol. The van der Waals surface area contributed by atoms with Crippen LogP contribution >= 0.6 is 0 Å². The molecule has 0 saturated heterocycles. The first kappa shape index (κ1) is 24.3. The summed E-state index contributed by atoms with van der Waals surface area (Å²) >= 11 is 0. The van der Waals surface area contributed by atoms with E-state index in [4.69, 9.17) is 9.47 Å². The average Bonchev–Trinajstić information content (AvgIpc) is 2.71. The normalized spacial score (nSPS) is 12.3. The molecule has 1 heterocycles. The highest BCUT2D eigenvalue weighted by Crippen LogP contribution is 2.16. The molecule has 0 bridgehead atoms. The van der Waals surface area contributed by atoms with Crippen LogP contribution in [-0.2, 0) is 14.8 Å². The van der Waals surface area contributed by atoms with Crippen LogP contribution in [0.15, 0.2) is 48.7 Å². The van der Waals surface area contributed by atoms with Crippen molar-refractivity contribution in [3.63, 3.8) is 0 Å². The number of carbonyl (C=O) groups excluding carboxylic acids is 2. The molecular formula is C21H27N3O6S. The van der Waals surface area contributed by atoms with E-state index in [2.05, 4.69) is 10.4 Å². The zero-order valence-electron chi connectivity index (χ0n) is 17.9. The van der Waals surface area contributed by atoms with Gasteiger partial charge in [0.1, 0.15) is 17.5 Å². The van der Waals surface area contributed by atoms with Gasteiger partial charge in [-0.15, -0.1) is 4.41 Å². The van der Waals surface area contributed by atoms with E-state index in [-0.39, 0.29) is 21.8 Å². The molecule has 31 heavy (non-hydrogen) atoms. The van der Waals surface area contributed by atoms with Gasteiger partial charge in [0.2, 0.25) is 0 Å². The number of hydrazine groups is 1. The topological polar surface area (TPSA) is 115 Å². The van der Waals surface area contributed by atoms with Crippen molar-refractivity contribution in [2.24, 2.45) is 5.92 Å². The quantitative estimate of drug-likeness (QED) is 0.584. The second kappa shape index (κ2) is 10.9. The first-order valence-corrected chi connectivity index (χ1v) is 11.5. The van der Waals surface area contributed by atoms with Crippen LogP contribution in [0, 0.1) is 5.92 Å². The number of aromatic nitrogens is 1. The standard InChI is InChI=1S/C21H27N3O6S/c1-15(2)13-29-14-16(3)30-18-9-7-8-17(12-18)20(25)23-24(31(4,27)28)21(26)19-10-5-6-11-22-19/h5-12,15-16H,13-14H2,1-4H3,(H,23,25). The molecule has 1 N–H and O–H groups in total. The van der Waals surface area contributed by atoms with Crippen molar-refractivity contribution in [3.05, 3.63) is 59.9 Å². The van der Waals surface area contributed by atoms with Crippen LogP contribution < -0.4 is 10.2 Å². The fourth-order valence-electron chi connectivity index (χ4n) is 2.48. The first-order chi connectivity index (χ1) is 14.6. The van der Waals surface area contributed by atoms with E-state index in [1.807, 2.05) is 20.8 Å². The van der Waals surface area contributed by atoms with E-state index < -0.39 is 21.8 Å². The largest absolute Gasteiger partial charge is 0.488 e. The van der Waals surface area contributed by atoms with Gasteiger partial charge < -0.3 is 9.47 Å². The van der Waals surface area contributed by atoms with E-state index in [0.717, 1.165) is 6.26 Å². The van der Waals surface area contributed by atoms with E-state index in [1.54, 1.807) is 18.2 Å². The minimum atomic E-state index is -4.10. The Morgan fingerprint density at radius 1 is 1.10 bits per heavy atom. The van der Waals surface area contributed by atoms with Gasteiger partial charge in [-0.1, -0.05) is 26.0 Å². The van der Waals surface area contributed by atoms with Crippen molar-refractivity contribution in [3.8, 4) is 5.75 Å². The lowest BCUT2D eigenvalue weighted by Gasteiger charge is -2.21. The number of rotatable bonds is 9. The maximum atomic E-state index is 12.7. The van der Waals surface area contributed by atoms with Gasteiger partial charge in [0.05, 0.1) is 12.9 Å². The molecule has 0 radical (unpaired) electrons. The van der Waals surface area contributed by atoms with Crippen LogP contribution in [0.1, 0.15) is 41.6 Å². The molecule has 1 aromatic heterocycles. The lowest BCUT2D eigenvalue weighted by molar-refractivity contribution is 0.0453. The predicted octanol–water partition coefficient (Wildman–Crippen LogP) is 2.27. The Morgan fingerprint density at radius 3 is 2.45 bits per heavy atom. The molecule has 0 spiro atoms. The third-order valence-electron chi connectivity index (χ3n) is 3.84. The van der Waals surface area contributed by atoms with Gasteiger partial charge in [-0.05, 0) is 43.2 Å². The number of hydrogen-bond acceptors (Lipinski definition) is 7. The minimum Gasteiger partial charge on any atom is -0.488 e. The number of benzene rings is 1. The van der Waals surface area contributed by atoms with Crippen molar-refractivity contribution in [1.82, 2.24) is 14.8 Å². The summed E-state index contributed by atoms with van der Waals surface area (Å²) in [5, 5.41) is 0. The van der Waals surface area contributed by atoms with Crippen molar-refractivity contribution >= 4 is 21.8 Å². The fraction of sp³-hybridized carbons (Fsp3) is 0.381. The Morgan fingerprint density at radius 2 is 1.84 bits per heavy atom. The zero-order chi connectivity index (χ0) is 23.0. The summed E-state index contributed by atoms with van der Waals surface area (Å²) in [5.41, 5.74) is 2.13. The van der Waals surface area contributed by atoms with Crippen LogP contribution in [-0.4, -0.2) is 55.2 Å². The Labute approximate surface area is 182 Å². The number of nitrogens with one attached hydrogen (secondary N) is 1. The summed E-state index contributed by atoms with van der Waals surface area (Å²) in [6, 6.07) is 10.7. The van der Waals surface area contributed by atoms with Crippen molar-refractivity contribution < 1.29 is 27.5 Å². The fourth-order valence-corrected chi connectivity index (χ4v) is 3.12. The Bertz CT molecular complexity index is 995. The third-order valence-corrected chi connectivity index (χ3v) is 4.76. The first-order valence-electron chi connectivity index (χ1n) is 9.69. The molecule has 1 unspecified atom stereocenters. The van der Waals surface area contributed by atoms with Crippen LogP contribution in [0.25, 0.3) is 0 Å². The molecule has 168 valence electrons. The molecule has 0 fully saturated rings. The molecule has 0 aliphatic carbocycles. The van der Waals surface area contributed by atoms with Gasteiger partial charge >= 0.3 is 5.91 Å². The highest BCUT2D eigenvalue weighted by atomic mass is 32.2. The number of amides is 2. The molecule has 2 amide bonds. The molecule has 0 aliphatic heterocycles. The summed E-state index contributed by atoms with van der Waals surface area (Å²) in [4.78, 5) is 29.0. The van der Waals surface area contributed by atoms with Gasteiger partial charge in [-0.3, -0.25) is 14.6 Å². The maximum absolute atomic E-state index is 12.7. The monoisotopic (exact) mass is 449 g/mol. The predicted molar refractivity (Wildman–Crippen MR) is 115 cm³/mol. The van der Waals surface area contributed by atoms with E-state index in [1.165, 1.54) is 30.5 Å². The van der Waals surface area contributed by atoms with Gasteiger partial charge in [-0.25, -0.2) is 13.8 Å². The molecule has 0 saturated carbocycles. The number of hydrogen-bond donors (Lipinski definition) is 1. The van der Waals surface area contributed by atoms with Crippen LogP contribution in [0.2, 0.25) is 0 Å². The van der Waals surface area contributed by atoms with E-state index in [0.29, 0.717) is 24.9 Å². The van der Waals surface area contributed by atoms with E-state index in [9.17, 15) is 18.0 Å². The van der Waals surface area contributed by atoms with Crippen LogP contribution in [0.3, 0.4) is 0 Å². The summed E-state index contributed by atoms with van der Waals surface area (Å²) < 4.78 is 35.8. The van der Waals surface area contributed by atoms with Crippen LogP contribution in [0.4, 0.5) is 0 Å². The number of nitrogens with zero attached hydrogens (tertiary/aromatic N) is 2. The van der Waals surface area contributed by atoms with Crippen molar-refractivity contribution in [2.45, 2.75) is 26.9 Å². The summed E-state index contributed by atoms with van der Waals surface area (Å²) in [7, 11) is -4.10. The smallest absolute Gasteiger partial charge is 0.305 e. The van der Waals surface area contributed by atoms with Gasteiger partial charge in [0.25, 0.3) is 15.9 Å². The Balaban J connectivity index is 2.11. The zero-order valence-corrected chi connectivity index (χ0v) is 18.8. The van der Waals surface area contributed by atoms with E-state index >= 15 is 0 Å². The minimum absolute atomic E-state index is 0.121. The second-order valence-electron chi connectivity index (χ2n) is 7.38. The molecule has 0 aliphatic rings. The Hall–Kier alpha value is -2.98. The number of pyridine rings is 1. The average molecular weight is 450 g/mol. The Kier molecular flexibility index (Phi) is 8.52. The number of ether oxygens (including phenoxy) is 2.